The molecule has 0 aromatic carbocycles. The Labute approximate surface area is 122 Å². The van der Waals surface area contributed by atoms with Gasteiger partial charge in [-0.1, -0.05) is 18.2 Å². The number of aromatic nitrogens is 2. The zero-order valence-electron chi connectivity index (χ0n) is 11.3. The standard InChI is InChI=1S/C13H20N2O2S2/c1-9-7-14-13(19-8-12(16)17)15(9)10-4-3-5-11(6-10)18-2/h7,10-11H,3-6,8H2,1-2H3,(H,16,17). The van der Waals surface area contributed by atoms with E-state index < -0.39 is 5.97 Å². The SMILES string of the molecule is CSC1CCCC(n2c(C)cnc2SCC(=O)O)C1. The first-order valence-corrected chi connectivity index (χ1v) is 8.80. The fraction of sp³-hybridized carbons (Fsp3) is 0.692. The summed E-state index contributed by atoms with van der Waals surface area (Å²) in [5.41, 5.74) is 1.14. The number of carboxylic acids is 1. The van der Waals surface area contributed by atoms with E-state index in [0.29, 0.717) is 6.04 Å². The smallest absolute Gasteiger partial charge is 0.313 e. The summed E-state index contributed by atoms with van der Waals surface area (Å²) in [7, 11) is 0. The normalized spacial score (nSPS) is 23.5. The maximum atomic E-state index is 10.7. The Balaban J connectivity index is 2.13. The molecule has 0 bridgehead atoms. The van der Waals surface area contributed by atoms with E-state index in [4.69, 9.17) is 5.11 Å². The number of hydrogen-bond acceptors (Lipinski definition) is 4. The van der Waals surface area contributed by atoms with Crippen molar-refractivity contribution in [2.45, 2.75) is 49.1 Å². The fourth-order valence-corrected chi connectivity index (χ4v) is 4.30. The van der Waals surface area contributed by atoms with Crippen molar-refractivity contribution in [3.8, 4) is 0 Å². The lowest BCUT2D eigenvalue weighted by Crippen LogP contribution is -2.22. The van der Waals surface area contributed by atoms with Crippen LogP contribution in [0.3, 0.4) is 0 Å². The van der Waals surface area contributed by atoms with E-state index in [1.807, 2.05) is 18.0 Å². The third-order valence-corrected chi connectivity index (χ3v) is 5.62. The molecule has 1 heterocycles. The molecule has 1 aromatic rings. The van der Waals surface area contributed by atoms with E-state index in [1.54, 1.807) is 0 Å². The Bertz CT molecular complexity index is 448. The number of nitrogens with zero attached hydrogens (tertiary/aromatic N) is 2. The lowest BCUT2D eigenvalue weighted by Gasteiger charge is -2.30. The van der Waals surface area contributed by atoms with Crippen molar-refractivity contribution in [2.75, 3.05) is 12.0 Å². The average Bonchev–Trinajstić information content (AvgIpc) is 2.77. The highest BCUT2D eigenvalue weighted by Crippen LogP contribution is 2.37. The van der Waals surface area contributed by atoms with Gasteiger partial charge < -0.3 is 9.67 Å². The molecule has 6 heteroatoms. The number of rotatable bonds is 5. The molecule has 0 saturated heterocycles. The minimum atomic E-state index is -0.789. The first-order valence-electron chi connectivity index (χ1n) is 6.53. The minimum absolute atomic E-state index is 0.0785. The molecule has 1 N–H and O–H groups in total. The fourth-order valence-electron chi connectivity index (χ4n) is 2.67. The predicted molar refractivity (Wildman–Crippen MR) is 80.1 cm³/mol. The Morgan fingerprint density at radius 1 is 1.58 bits per heavy atom. The second kappa shape index (κ2) is 6.70. The quantitative estimate of drug-likeness (QED) is 0.846. The molecule has 4 nitrogen and oxygen atoms in total. The highest BCUT2D eigenvalue weighted by Gasteiger charge is 2.25. The van der Waals surface area contributed by atoms with E-state index in [1.165, 1.54) is 37.4 Å². The molecule has 1 saturated carbocycles. The van der Waals surface area contributed by atoms with Gasteiger partial charge in [-0.2, -0.15) is 11.8 Å². The minimum Gasteiger partial charge on any atom is -0.481 e. The van der Waals surface area contributed by atoms with E-state index in [9.17, 15) is 4.79 Å². The van der Waals surface area contributed by atoms with Gasteiger partial charge in [0, 0.05) is 23.2 Å². The number of aryl methyl sites for hydroxylation is 1. The van der Waals surface area contributed by atoms with Gasteiger partial charge in [-0.3, -0.25) is 4.79 Å². The van der Waals surface area contributed by atoms with E-state index in [-0.39, 0.29) is 5.75 Å². The summed E-state index contributed by atoms with van der Waals surface area (Å²) >= 11 is 3.27. The Hall–Kier alpha value is -0.620. The summed E-state index contributed by atoms with van der Waals surface area (Å²) < 4.78 is 2.25. The van der Waals surface area contributed by atoms with Crippen LogP contribution in [0.2, 0.25) is 0 Å². The van der Waals surface area contributed by atoms with Gasteiger partial charge in [-0.05, 0) is 32.4 Å². The monoisotopic (exact) mass is 300 g/mol. The molecule has 1 aromatic heterocycles. The summed E-state index contributed by atoms with van der Waals surface area (Å²) in [6.45, 7) is 2.06. The predicted octanol–water partition coefficient (Wildman–Crippen LogP) is 3.21. The van der Waals surface area contributed by atoms with Gasteiger partial charge in [-0.25, -0.2) is 4.98 Å². The topological polar surface area (TPSA) is 55.1 Å². The molecular weight excluding hydrogens is 280 g/mol. The van der Waals surface area contributed by atoms with Gasteiger partial charge in [0.2, 0.25) is 0 Å². The van der Waals surface area contributed by atoms with Crippen molar-refractivity contribution >= 4 is 29.5 Å². The van der Waals surface area contributed by atoms with Gasteiger partial charge in [0.25, 0.3) is 0 Å². The van der Waals surface area contributed by atoms with Gasteiger partial charge in [0.1, 0.15) is 0 Å². The van der Waals surface area contributed by atoms with Crippen molar-refractivity contribution < 1.29 is 9.90 Å². The number of carboxylic acid groups (broad SMARTS) is 1. The van der Waals surface area contributed by atoms with Crippen molar-refractivity contribution in [2.24, 2.45) is 0 Å². The maximum absolute atomic E-state index is 10.7. The largest absolute Gasteiger partial charge is 0.481 e. The Morgan fingerprint density at radius 3 is 3.05 bits per heavy atom. The van der Waals surface area contributed by atoms with Crippen LogP contribution in [0.1, 0.15) is 37.4 Å². The Morgan fingerprint density at radius 2 is 2.37 bits per heavy atom. The molecule has 1 aliphatic rings. The van der Waals surface area contributed by atoms with Gasteiger partial charge in [0.05, 0.1) is 5.75 Å². The van der Waals surface area contributed by atoms with Crippen LogP contribution in [-0.4, -0.2) is 37.9 Å². The Kier molecular flexibility index (Phi) is 5.21. The van der Waals surface area contributed by atoms with Crippen molar-refractivity contribution in [1.82, 2.24) is 9.55 Å². The molecule has 2 atom stereocenters. The lowest BCUT2D eigenvalue weighted by atomic mass is 9.94. The van der Waals surface area contributed by atoms with Crippen molar-refractivity contribution in [3.05, 3.63) is 11.9 Å². The number of thioether (sulfide) groups is 2. The molecule has 0 amide bonds. The number of aliphatic carboxylic acids is 1. The summed E-state index contributed by atoms with van der Waals surface area (Å²) in [6.07, 6.45) is 8.91. The zero-order chi connectivity index (χ0) is 13.8. The molecule has 1 fully saturated rings. The summed E-state index contributed by atoms with van der Waals surface area (Å²) in [5.74, 6) is -0.711. The number of hydrogen-bond donors (Lipinski definition) is 1. The number of carbonyl (C=O) groups is 1. The van der Waals surface area contributed by atoms with Crippen LogP contribution in [0.4, 0.5) is 0 Å². The second-order valence-electron chi connectivity index (χ2n) is 4.91. The van der Waals surface area contributed by atoms with Crippen LogP contribution < -0.4 is 0 Å². The van der Waals surface area contributed by atoms with Crippen molar-refractivity contribution in [3.63, 3.8) is 0 Å². The van der Waals surface area contributed by atoms with Gasteiger partial charge in [-0.15, -0.1) is 0 Å². The lowest BCUT2D eigenvalue weighted by molar-refractivity contribution is -0.133. The van der Waals surface area contributed by atoms with Crippen LogP contribution in [0.15, 0.2) is 11.4 Å². The number of imidazole rings is 1. The zero-order valence-corrected chi connectivity index (χ0v) is 13.0. The molecular formula is C13H20N2O2S2. The molecule has 1 aliphatic carbocycles. The highest BCUT2D eigenvalue weighted by atomic mass is 32.2. The van der Waals surface area contributed by atoms with Crippen LogP contribution in [0.5, 0.6) is 0 Å². The van der Waals surface area contributed by atoms with Crippen LogP contribution >= 0.6 is 23.5 Å². The van der Waals surface area contributed by atoms with Crippen LogP contribution in [-0.2, 0) is 4.79 Å². The first kappa shape index (κ1) is 14.8. The second-order valence-corrected chi connectivity index (χ2v) is 6.99. The van der Waals surface area contributed by atoms with E-state index in [0.717, 1.165) is 16.1 Å². The summed E-state index contributed by atoms with van der Waals surface area (Å²) in [5, 5.41) is 10.4. The maximum Gasteiger partial charge on any atom is 0.313 e. The van der Waals surface area contributed by atoms with Gasteiger partial charge >= 0.3 is 5.97 Å². The average molecular weight is 300 g/mol. The van der Waals surface area contributed by atoms with E-state index in [2.05, 4.69) is 22.7 Å². The molecule has 2 rings (SSSR count). The van der Waals surface area contributed by atoms with Gasteiger partial charge in [0.15, 0.2) is 5.16 Å². The van der Waals surface area contributed by atoms with Crippen LogP contribution in [0.25, 0.3) is 0 Å². The third-order valence-electron chi connectivity index (χ3n) is 3.57. The molecule has 0 aliphatic heterocycles. The van der Waals surface area contributed by atoms with Crippen molar-refractivity contribution in [1.29, 1.82) is 0 Å². The molecule has 106 valence electrons. The van der Waals surface area contributed by atoms with E-state index >= 15 is 0 Å². The molecule has 0 spiro atoms. The first-order chi connectivity index (χ1) is 9.11. The van der Waals surface area contributed by atoms with Crippen LogP contribution in [0, 0.1) is 6.92 Å². The molecule has 2 unspecified atom stereocenters. The third kappa shape index (κ3) is 3.69. The summed E-state index contributed by atoms with van der Waals surface area (Å²) in [6, 6.07) is 0.477. The molecule has 19 heavy (non-hydrogen) atoms. The highest BCUT2D eigenvalue weighted by molar-refractivity contribution is 7.99. The molecule has 0 radical (unpaired) electrons. The summed E-state index contributed by atoms with van der Waals surface area (Å²) in [4.78, 5) is 15.1.